The van der Waals surface area contributed by atoms with Crippen molar-refractivity contribution in [2.24, 2.45) is 0 Å². The summed E-state index contributed by atoms with van der Waals surface area (Å²) in [6.45, 7) is 7.64. The fraction of sp³-hybridized carbons (Fsp3) is 0.787. The Hall–Kier alpha value is -2.14. The van der Waals surface area contributed by atoms with Crippen LogP contribution in [-0.2, 0) is 23.8 Å². The maximum atomic E-state index is 12.7. The van der Waals surface area contributed by atoms with Crippen LogP contribution in [0.2, 0.25) is 0 Å². The molecule has 0 aliphatic carbocycles. The largest absolute Gasteiger partial charge is 0.462 e. The van der Waals surface area contributed by atoms with Crippen molar-refractivity contribution in [2.45, 2.75) is 219 Å². The third-order valence-corrected chi connectivity index (χ3v) is 9.35. The molecule has 0 aromatic carbocycles. The minimum absolute atomic E-state index is 0.0756. The first-order chi connectivity index (χ1) is 25.6. The van der Waals surface area contributed by atoms with E-state index in [0.717, 1.165) is 70.6 Å². The molecule has 0 bridgehead atoms. The van der Waals surface area contributed by atoms with Gasteiger partial charge in [0.25, 0.3) is 0 Å². The molecule has 0 heterocycles. The van der Waals surface area contributed by atoms with E-state index in [1.54, 1.807) is 0 Å². The number of allylic oxidation sites excluding steroid dienone is 8. The average molecular weight is 729 g/mol. The van der Waals surface area contributed by atoms with Gasteiger partial charge in [0.15, 0.2) is 6.10 Å². The van der Waals surface area contributed by atoms with Crippen molar-refractivity contribution in [1.29, 1.82) is 0 Å². The summed E-state index contributed by atoms with van der Waals surface area (Å²) in [4.78, 5) is 25.1. The van der Waals surface area contributed by atoms with Gasteiger partial charge in [0, 0.05) is 19.4 Å². The highest BCUT2D eigenvalue weighted by Gasteiger charge is 2.17. The maximum Gasteiger partial charge on any atom is 0.306 e. The Morgan fingerprint density at radius 1 is 0.442 bits per heavy atom. The van der Waals surface area contributed by atoms with Crippen molar-refractivity contribution in [3.63, 3.8) is 0 Å². The fourth-order valence-electron chi connectivity index (χ4n) is 6.03. The first-order valence-electron chi connectivity index (χ1n) is 22.2. The van der Waals surface area contributed by atoms with E-state index >= 15 is 0 Å². The number of unbranched alkanes of at least 4 members (excludes halogenated alkanes) is 21. The van der Waals surface area contributed by atoms with E-state index in [2.05, 4.69) is 69.4 Å². The van der Waals surface area contributed by atoms with Crippen molar-refractivity contribution in [1.82, 2.24) is 0 Å². The van der Waals surface area contributed by atoms with Gasteiger partial charge in [-0.05, 0) is 70.6 Å². The van der Waals surface area contributed by atoms with E-state index in [0.29, 0.717) is 19.4 Å². The summed E-state index contributed by atoms with van der Waals surface area (Å²) >= 11 is 0. The minimum atomic E-state index is -0.540. The standard InChI is InChI=1S/C47H84O5/c1-4-7-10-13-16-19-21-23-24-25-26-29-31-34-37-40-46(48)51-44-45(52-47(49)41-38-35-32-28-18-15-12-9-6-3)43-50-42-39-36-33-30-27-22-20-17-14-11-8-5-2/h7,10,14,16-17,19,23-24,45H,4-6,8-9,11-13,15,18,20-22,25-44H2,1-3H3/b10-7-,17-14-,19-16-,24-23-. The highest BCUT2D eigenvalue weighted by molar-refractivity contribution is 5.70. The predicted molar refractivity (Wildman–Crippen MR) is 224 cm³/mol. The number of carbonyl (C=O) groups is 2. The number of esters is 2. The zero-order chi connectivity index (χ0) is 37.8. The molecule has 0 aromatic rings. The molecule has 0 aromatic heterocycles. The molecule has 0 aliphatic rings. The quantitative estimate of drug-likeness (QED) is 0.0357. The van der Waals surface area contributed by atoms with E-state index < -0.39 is 6.10 Å². The van der Waals surface area contributed by atoms with Crippen LogP contribution in [0.5, 0.6) is 0 Å². The van der Waals surface area contributed by atoms with Crippen LogP contribution in [0.4, 0.5) is 0 Å². The molecule has 0 N–H and O–H groups in total. The first kappa shape index (κ1) is 49.9. The summed E-state index contributed by atoms with van der Waals surface area (Å²) in [5.74, 6) is -0.420. The molecule has 0 radical (unpaired) electrons. The van der Waals surface area contributed by atoms with E-state index in [9.17, 15) is 9.59 Å². The van der Waals surface area contributed by atoms with Gasteiger partial charge in [-0.2, -0.15) is 0 Å². The lowest BCUT2D eigenvalue weighted by Gasteiger charge is -2.18. The Kier molecular flexibility index (Phi) is 41.5. The summed E-state index contributed by atoms with van der Waals surface area (Å²) in [6, 6.07) is 0. The summed E-state index contributed by atoms with van der Waals surface area (Å²) < 4.78 is 17.3. The SMILES string of the molecule is CC/C=C\C/C=C\C/C=C\CCCCCCCC(=O)OCC(COCCCCCCCC/C=C\CCCC)OC(=O)CCCCCCCCCCC. The monoisotopic (exact) mass is 729 g/mol. The summed E-state index contributed by atoms with van der Waals surface area (Å²) in [6.07, 6.45) is 51.0. The Morgan fingerprint density at radius 2 is 0.885 bits per heavy atom. The second kappa shape index (κ2) is 43.3. The van der Waals surface area contributed by atoms with Gasteiger partial charge < -0.3 is 14.2 Å². The van der Waals surface area contributed by atoms with E-state index in [1.807, 2.05) is 0 Å². The molecule has 5 heteroatoms. The molecule has 0 fully saturated rings. The van der Waals surface area contributed by atoms with Crippen molar-refractivity contribution in [2.75, 3.05) is 19.8 Å². The van der Waals surface area contributed by atoms with Crippen LogP contribution in [0.15, 0.2) is 48.6 Å². The predicted octanol–water partition coefficient (Wildman–Crippen LogP) is 14.4. The smallest absolute Gasteiger partial charge is 0.306 e. The van der Waals surface area contributed by atoms with E-state index in [1.165, 1.54) is 109 Å². The van der Waals surface area contributed by atoms with Gasteiger partial charge in [-0.15, -0.1) is 0 Å². The molecule has 52 heavy (non-hydrogen) atoms. The van der Waals surface area contributed by atoms with Crippen LogP contribution >= 0.6 is 0 Å². The number of rotatable bonds is 40. The van der Waals surface area contributed by atoms with Crippen LogP contribution in [-0.4, -0.2) is 37.9 Å². The van der Waals surface area contributed by atoms with Gasteiger partial charge in [-0.1, -0.05) is 179 Å². The van der Waals surface area contributed by atoms with Crippen LogP contribution in [0, 0.1) is 0 Å². The van der Waals surface area contributed by atoms with Gasteiger partial charge in [-0.25, -0.2) is 0 Å². The van der Waals surface area contributed by atoms with E-state index in [4.69, 9.17) is 14.2 Å². The second-order valence-electron chi connectivity index (χ2n) is 14.6. The zero-order valence-corrected chi connectivity index (χ0v) is 34.6. The van der Waals surface area contributed by atoms with Crippen molar-refractivity contribution < 1.29 is 23.8 Å². The number of carbonyl (C=O) groups excluding carboxylic acids is 2. The molecular formula is C47H84O5. The molecule has 0 aliphatic heterocycles. The topological polar surface area (TPSA) is 61.8 Å². The summed E-state index contributed by atoms with van der Waals surface area (Å²) in [7, 11) is 0. The molecule has 0 saturated heterocycles. The molecule has 0 rings (SSSR count). The lowest BCUT2D eigenvalue weighted by atomic mass is 10.1. The average Bonchev–Trinajstić information content (AvgIpc) is 3.14. The Labute approximate surface area is 322 Å². The van der Waals surface area contributed by atoms with Crippen molar-refractivity contribution in [3.8, 4) is 0 Å². The highest BCUT2D eigenvalue weighted by atomic mass is 16.6. The third kappa shape index (κ3) is 40.6. The molecule has 0 spiro atoms. The normalized spacial score (nSPS) is 12.6. The minimum Gasteiger partial charge on any atom is -0.462 e. The summed E-state index contributed by atoms with van der Waals surface area (Å²) in [5.41, 5.74) is 0. The number of ether oxygens (including phenoxy) is 3. The molecule has 0 saturated carbocycles. The van der Waals surface area contributed by atoms with Crippen LogP contribution in [0.3, 0.4) is 0 Å². The Morgan fingerprint density at radius 3 is 1.46 bits per heavy atom. The van der Waals surface area contributed by atoms with E-state index in [-0.39, 0.29) is 25.2 Å². The molecule has 1 atom stereocenters. The number of hydrogen-bond acceptors (Lipinski definition) is 5. The van der Waals surface area contributed by atoms with Gasteiger partial charge in [0.05, 0.1) is 6.61 Å². The molecule has 0 amide bonds. The third-order valence-electron chi connectivity index (χ3n) is 9.35. The van der Waals surface area contributed by atoms with Crippen LogP contribution in [0.25, 0.3) is 0 Å². The Bertz CT molecular complexity index is 873. The lowest BCUT2D eigenvalue weighted by molar-refractivity contribution is -0.163. The van der Waals surface area contributed by atoms with Crippen LogP contribution < -0.4 is 0 Å². The Balaban J connectivity index is 4.24. The van der Waals surface area contributed by atoms with Gasteiger partial charge in [0.1, 0.15) is 6.61 Å². The molecule has 302 valence electrons. The van der Waals surface area contributed by atoms with Gasteiger partial charge in [-0.3, -0.25) is 9.59 Å². The van der Waals surface area contributed by atoms with Gasteiger partial charge in [0.2, 0.25) is 0 Å². The summed E-state index contributed by atoms with van der Waals surface area (Å²) in [5, 5.41) is 0. The maximum absolute atomic E-state index is 12.7. The van der Waals surface area contributed by atoms with Gasteiger partial charge >= 0.3 is 11.9 Å². The van der Waals surface area contributed by atoms with Crippen LogP contribution in [0.1, 0.15) is 213 Å². The molecular weight excluding hydrogens is 645 g/mol. The highest BCUT2D eigenvalue weighted by Crippen LogP contribution is 2.13. The lowest BCUT2D eigenvalue weighted by Crippen LogP contribution is -2.30. The van der Waals surface area contributed by atoms with Crippen molar-refractivity contribution in [3.05, 3.63) is 48.6 Å². The zero-order valence-electron chi connectivity index (χ0n) is 34.6. The van der Waals surface area contributed by atoms with Crippen molar-refractivity contribution >= 4 is 11.9 Å². The first-order valence-corrected chi connectivity index (χ1v) is 22.2. The number of hydrogen-bond donors (Lipinski definition) is 0. The molecule has 5 nitrogen and oxygen atoms in total. The molecule has 1 unspecified atom stereocenters. The fourth-order valence-corrected chi connectivity index (χ4v) is 6.03. The second-order valence-corrected chi connectivity index (χ2v) is 14.6.